The summed E-state index contributed by atoms with van der Waals surface area (Å²) in [6.07, 6.45) is -7.79. The molecule has 1 aromatic rings. The molecule has 1 aromatic carbocycles. The average Bonchev–Trinajstić information content (AvgIpc) is 2.25. The van der Waals surface area contributed by atoms with Crippen molar-refractivity contribution in [2.75, 3.05) is 0 Å². The Morgan fingerprint density at radius 2 is 1.88 bits per heavy atom. The van der Waals surface area contributed by atoms with E-state index in [9.17, 15) is 26.7 Å². The van der Waals surface area contributed by atoms with E-state index in [1.54, 1.807) is 0 Å². The Hall–Kier alpha value is -1.46. The average molecular weight is 252 g/mol. The first-order chi connectivity index (χ1) is 7.77. The summed E-state index contributed by atoms with van der Waals surface area (Å²) in [4.78, 5) is 11.3. The van der Waals surface area contributed by atoms with Gasteiger partial charge >= 0.3 is 6.18 Å². The van der Waals surface area contributed by atoms with Crippen LogP contribution in [0.5, 0.6) is 0 Å². The first kappa shape index (κ1) is 13.6. The van der Waals surface area contributed by atoms with Gasteiger partial charge in [-0.15, -0.1) is 0 Å². The number of Topliss-reactive ketones (excluding diaryl/α,β-unsaturated/α-hetero) is 1. The van der Waals surface area contributed by atoms with E-state index in [4.69, 9.17) is 0 Å². The second-order valence-corrected chi connectivity index (χ2v) is 3.38. The highest BCUT2D eigenvalue weighted by Crippen LogP contribution is 2.34. The first-order valence-electron chi connectivity index (χ1n) is 4.79. The van der Waals surface area contributed by atoms with Crippen LogP contribution in [0.1, 0.15) is 41.3 Å². The molecule has 1 rings (SSSR count). The monoisotopic (exact) mass is 252 g/mol. The largest absolute Gasteiger partial charge is 0.417 e. The molecule has 0 aromatic heterocycles. The van der Waals surface area contributed by atoms with Gasteiger partial charge in [0.1, 0.15) is 0 Å². The minimum absolute atomic E-state index is 0.171. The van der Waals surface area contributed by atoms with Crippen LogP contribution in [0.25, 0.3) is 0 Å². The molecule has 0 bridgehead atoms. The predicted octanol–water partition coefficient (Wildman–Crippen LogP) is 4.24. The third-order valence-electron chi connectivity index (χ3n) is 2.22. The van der Waals surface area contributed by atoms with Crippen LogP contribution >= 0.6 is 0 Å². The zero-order valence-electron chi connectivity index (χ0n) is 8.81. The molecule has 0 aliphatic rings. The molecule has 0 unspecified atom stereocenters. The fourth-order valence-corrected chi connectivity index (χ4v) is 1.37. The van der Waals surface area contributed by atoms with Crippen molar-refractivity contribution >= 4 is 5.78 Å². The molecule has 94 valence electrons. The van der Waals surface area contributed by atoms with Crippen molar-refractivity contribution in [3.8, 4) is 0 Å². The molecule has 0 fully saturated rings. The molecule has 0 atom stereocenters. The number of rotatable bonds is 3. The molecule has 1 nitrogen and oxygen atoms in total. The lowest BCUT2D eigenvalue weighted by atomic mass is 9.99. The molecule has 0 saturated carbocycles. The number of hydrogen-bond donors (Lipinski definition) is 0. The summed E-state index contributed by atoms with van der Waals surface area (Å²) in [5.41, 5.74) is -2.46. The molecule has 17 heavy (non-hydrogen) atoms. The number of hydrogen-bond acceptors (Lipinski definition) is 1. The molecular formula is C11H9F5O. The van der Waals surface area contributed by atoms with E-state index < -0.39 is 35.1 Å². The smallest absolute Gasteiger partial charge is 0.294 e. The number of carbonyl (C=O) groups excluding carboxylic acids is 1. The van der Waals surface area contributed by atoms with E-state index in [2.05, 4.69) is 0 Å². The third-order valence-corrected chi connectivity index (χ3v) is 2.22. The Balaban J connectivity index is 3.37. The van der Waals surface area contributed by atoms with Crippen LogP contribution in [0.4, 0.5) is 22.0 Å². The lowest BCUT2D eigenvalue weighted by Gasteiger charge is -2.13. The first-order valence-corrected chi connectivity index (χ1v) is 4.79. The van der Waals surface area contributed by atoms with Crippen LogP contribution in [0.2, 0.25) is 0 Å². The summed E-state index contributed by atoms with van der Waals surface area (Å²) in [6, 6.07) is 1.81. The highest BCUT2D eigenvalue weighted by molar-refractivity contribution is 5.97. The molecule has 6 heteroatoms. The Bertz CT molecular complexity index is 422. The molecule has 0 heterocycles. The fraction of sp³-hybridized carbons (Fsp3) is 0.364. The van der Waals surface area contributed by atoms with E-state index in [-0.39, 0.29) is 6.42 Å². The molecule has 0 spiro atoms. The number of alkyl halides is 5. The summed E-state index contributed by atoms with van der Waals surface area (Å²) >= 11 is 0. The van der Waals surface area contributed by atoms with Gasteiger partial charge in [-0.2, -0.15) is 13.2 Å². The molecular weight excluding hydrogens is 243 g/mol. The minimum atomic E-state index is -4.72. The highest BCUT2D eigenvalue weighted by Gasteiger charge is 2.35. The fourth-order valence-electron chi connectivity index (χ4n) is 1.37. The lowest BCUT2D eigenvalue weighted by molar-refractivity contribution is -0.137. The van der Waals surface area contributed by atoms with Gasteiger partial charge in [0.25, 0.3) is 6.43 Å². The van der Waals surface area contributed by atoms with Gasteiger partial charge in [-0.25, -0.2) is 8.78 Å². The summed E-state index contributed by atoms with van der Waals surface area (Å²) in [5.74, 6) is -0.806. The van der Waals surface area contributed by atoms with Gasteiger partial charge in [-0.1, -0.05) is 13.0 Å². The van der Waals surface area contributed by atoms with Crippen molar-refractivity contribution in [2.24, 2.45) is 0 Å². The number of carbonyl (C=O) groups is 1. The minimum Gasteiger partial charge on any atom is -0.294 e. The summed E-state index contributed by atoms with van der Waals surface area (Å²) in [6.45, 7) is 1.37. The van der Waals surface area contributed by atoms with Crippen molar-refractivity contribution in [3.63, 3.8) is 0 Å². The van der Waals surface area contributed by atoms with Crippen molar-refractivity contribution in [2.45, 2.75) is 25.9 Å². The number of ketones is 1. The van der Waals surface area contributed by atoms with E-state index >= 15 is 0 Å². The van der Waals surface area contributed by atoms with Gasteiger partial charge in [-0.3, -0.25) is 4.79 Å². The van der Waals surface area contributed by atoms with Crippen LogP contribution in [-0.4, -0.2) is 5.78 Å². The van der Waals surface area contributed by atoms with Gasteiger partial charge in [-0.05, 0) is 12.1 Å². The van der Waals surface area contributed by atoms with Crippen LogP contribution in [0.3, 0.4) is 0 Å². The zero-order valence-corrected chi connectivity index (χ0v) is 8.81. The van der Waals surface area contributed by atoms with Gasteiger partial charge in [0, 0.05) is 17.5 Å². The van der Waals surface area contributed by atoms with Crippen molar-refractivity contribution < 1.29 is 26.7 Å². The molecule has 0 saturated heterocycles. The van der Waals surface area contributed by atoms with Gasteiger partial charge in [0.15, 0.2) is 5.78 Å². The van der Waals surface area contributed by atoms with E-state index in [0.29, 0.717) is 18.2 Å². The molecule has 0 radical (unpaired) electrons. The second kappa shape index (κ2) is 4.81. The molecule has 0 amide bonds. The Morgan fingerprint density at radius 1 is 1.29 bits per heavy atom. The van der Waals surface area contributed by atoms with Crippen LogP contribution in [0, 0.1) is 0 Å². The Morgan fingerprint density at radius 3 is 2.29 bits per heavy atom. The van der Waals surface area contributed by atoms with E-state index in [1.165, 1.54) is 6.92 Å². The van der Waals surface area contributed by atoms with Gasteiger partial charge < -0.3 is 0 Å². The third kappa shape index (κ3) is 3.01. The summed E-state index contributed by atoms with van der Waals surface area (Å²) in [5, 5.41) is 0. The second-order valence-electron chi connectivity index (χ2n) is 3.38. The molecule has 0 N–H and O–H groups in total. The van der Waals surface area contributed by atoms with Gasteiger partial charge in [0.2, 0.25) is 0 Å². The lowest BCUT2D eigenvalue weighted by Crippen LogP contribution is -2.13. The van der Waals surface area contributed by atoms with Crippen molar-refractivity contribution in [1.29, 1.82) is 0 Å². The normalized spacial score (nSPS) is 11.9. The topological polar surface area (TPSA) is 17.1 Å². The van der Waals surface area contributed by atoms with Crippen molar-refractivity contribution in [1.82, 2.24) is 0 Å². The van der Waals surface area contributed by atoms with Crippen molar-refractivity contribution in [3.05, 3.63) is 34.9 Å². The Kier molecular flexibility index (Phi) is 3.85. The SMILES string of the molecule is CCC(=O)c1cc(C(F)F)ccc1C(F)(F)F. The highest BCUT2D eigenvalue weighted by atomic mass is 19.4. The molecule has 0 aliphatic carbocycles. The van der Waals surface area contributed by atoms with Crippen LogP contribution in [0.15, 0.2) is 18.2 Å². The van der Waals surface area contributed by atoms with E-state index in [1.807, 2.05) is 0 Å². The van der Waals surface area contributed by atoms with E-state index in [0.717, 1.165) is 0 Å². The predicted molar refractivity (Wildman–Crippen MR) is 51.0 cm³/mol. The molecule has 0 aliphatic heterocycles. The summed E-state index contributed by atoms with van der Waals surface area (Å²) < 4.78 is 62.3. The zero-order chi connectivity index (χ0) is 13.2. The van der Waals surface area contributed by atoms with Crippen LogP contribution in [-0.2, 0) is 6.18 Å². The standard InChI is InChI=1S/C11H9F5O/c1-2-9(17)7-5-6(10(12)13)3-4-8(7)11(14,15)16/h3-5,10H,2H2,1H3. The Labute approximate surface area is 94.2 Å². The maximum atomic E-state index is 12.5. The maximum Gasteiger partial charge on any atom is 0.417 e. The van der Waals surface area contributed by atoms with Gasteiger partial charge in [0.05, 0.1) is 5.56 Å². The number of halogens is 5. The number of benzene rings is 1. The summed E-state index contributed by atoms with van der Waals surface area (Å²) in [7, 11) is 0. The van der Waals surface area contributed by atoms with Crippen LogP contribution < -0.4 is 0 Å². The quantitative estimate of drug-likeness (QED) is 0.581. The maximum absolute atomic E-state index is 12.5.